The van der Waals surface area contributed by atoms with Crippen LogP contribution in [0.2, 0.25) is 5.02 Å². The Morgan fingerprint density at radius 2 is 1.67 bits per heavy atom. The number of halogens is 1. The summed E-state index contributed by atoms with van der Waals surface area (Å²) in [5, 5.41) is 9.80. The molecule has 0 saturated carbocycles. The maximum atomic E-state index is 12.6. The van der Waals surface area contributed by atoms with E-state index in [1.807, 2.05) is 0 Å². The summed E-state index contributed by atoms with van der Waals surface area (Å²) in [4.78, 5) is 51.9. The van der Waals surface area contributed by atoms with Gasteiger partial charge in [0.25, 0.3) is 17.4 Å². The van der Waals surface area contributed by atoms with E-state index in [0.717, 1.165) is 4.90 Å². The van der Waals surface area contributed by atoms with Gasteiger partial charge in [0, 0.05) is 10.4 Å². The SMILES string of the molecule is O=C(O)c1cc2cc(Cl)cc(CN3C(=O)c4ccccc4C3=O)c2[nH]c1=O. The Balaban J connectivity index is 1.82. The van der Waals surface area contributed by atoms with Crippen LogP contribution in [0.1, 0.15) is 36.6 Å². The largest absolute Gasteiger partial charge is 0.477 e. The van der Waals surface area contributed by atoms with E-state index >= 15 is 0 Å². The Hall–Kier alpha value is -3.45. The quantitative estimate of drug-likeness (QED) is 0.677. The average molecular weight is 383 g/mol. The third kappa shape index (κ3) is 2.69. The molecule has 3 aromatic rings. The van der Waals surface area contributed by atoms with E-state index < -0.39 is 28.9 Å². The molecule has 8 heteroatoms. The lowest BCUT2D eigenvalue weighted by Gasteiger charge is -2.16. The monoisotopic (exact) mass is 382 g/mol. The standard InChI is InChI=1S/C19H11ClN2O5/c20-11-5-9-7-14(19(26)27)16(23)21-15(9)10(6-11)8-22-17(24)12-3-1-2-4-13(12)18(22)25/h1-7H,8H2,(H,21,23)(H,26,27). The van der Waals surface area contributed by atoms with E-state index in [1.54, 1.807) is 24.3 Å². The first-order valence-corrected chi connectivity index (χ1v) is 8.28. The number of imide groups is 1. The zero-order chi connectivity index (χ0) is 19.3. The number of carboxylic acid groups (broad SMARTS) is 1. The summed E-state index contributed by atoms with van der Waals surface area (Å²) in [5.74, 6) is -2.23. The van der Waals surface area contributed by atoms with Crippen molar-refractivity contribution >= 4 is 40.3 Å². The molecule has 1 aliphatic heterocycles. The van der Waals surface area contributed by atoms with Crippen LogP contribution in [0.4, 0.5) is 0 Å². The van der Waals surface area contributed by atoms with Crippen LogP contribution in [-0.2, 0) is 6.54 Å². The van der Waals surface area contributed by atoms with Gasteiger partial charge in [0.15, 0.2) is 0 Å². The number of aromatic carboxylic acids is 1. The third-order valence-electron chi connectivity index (χ3n) is 4.44. The Kier molecular flexibility index (Phi) is 3.82. The van der Waals surface area contributed by atoms with Gasteiger partial charge >= 0.3 is 5.97 Å². The molecule has 134 valence electrons. The lowest BCUT2D eigenvalue weighted by atomic mass is 10.1. The minimum Gasteiger partial charge on any atom is -0.477 e. The molecule has 1 aromatic heterocycles. The lowest BCUT2D eigenvalue weighted by molar-refractivity contribution is 0.0640. The molecule has 0 radical (unpaired) electrons. The van der Waals surface area contributed by atoms with Crippen LogP contribution in [0, 0.1) is 0 Å². The maximum Gasteiger partial charge on any atom is 0.341 e. The Morgan fingerprint density at radius 1 is 1.04 bits per heavy atom. The van der Waals surface area contributed by atoms with Crippen LogP contribution in [0.25, 0.3) is 10.9 Å². The van der Waals surface area contributed by atoms with Crippen molar-refractivity contribution in [2.45, 2.75) is 6.54 Å². The highest BCUT2D eigenvalue weighted by Gasteiger charge is 2.35. The molecule has 27 heavy (non-hydrogen) atoms. The predicted octanol–water partition coefficient (Wildman–Crippen LogP) is 2.68. The first-order valence-electron chi connectivity index (χ1n) is 7.91. The third-order valence-corrected chi connectivity index (χ3v) is 4.65. The van der Waals surface area contributed by atoms with Crippen LogP contribution in [0.15, 0.2) is 47.3 Å². The molecule has 0 aliphatic carbocycles. The average Bonchev–Trinajstić information content (AvgIpc) is 2.87. The number of nitrogens with one attached hydrogen (secondary N) is 1. The Morgan fingerprint density at radius 3 is 2.26 bits per heavy atom. The number of benzene rings is 2. The number of carboxylic acids is 1. The number of H-pyrrole nitrogens is 1. The summed E-state index contributed by atoms with van der Waals surface area (Å²) in [6.45, 7) is -0.105. The molecular weight excluding hydrogens is 372 g/mol. The highest BCUT2D eigenvalue weighted by atomic mass is 35.5. The van der Waals surface area contributed by atoms with E-state index in [9.17, 15) is 19.2 Å². The molecule has 0 saturated heterocycles. The van der Waals surface area contributed by atoms with E-state index in [1.165, 1.54) is 18.2 Å². The van der Waals surface area contributed by atoms with Crippen LogP contribution in [0.3, 0.4) is 0 Å². The molecule has 0 atom stereocenters. The van der Waals surface area contributed by atoms with Crippen molar-refractivity contribution in [2.24, 2.45) is 0 Å². The highest BCUT2D eigenvalue weighted by molar-refractivity contribution is 6.31. The van der Waals surface area contributed by atoms with Crippen LogP contribution in [-0.4, -0.2) is 32.8 Å². The zero-order valence-electron chi connectivity index (χ0n) is 13.7. The first-order chi connectivity index (χ1) is 12.9. The molecule has 0 unspecified atom stereocenters. The smallest absolute Gasteiger partial charge is 0.341 e. The molecule has 0 fully saturated rings. The maximum absolute atomic E-state index is 12.6. The van der Waals surface area contributed by atoms with Crippen molar-refractivity contribution in [3.05, 3.63) is 80.1 Å². The van der Waals surface area contributed by atoms with E-state index in [4.69, 9.17) is 16.7 Å². The van der Waals surface area contributed by atoms with Gasteiger partial charge in [-0.25, -0.2) is 4.79 Å². The van der Waals surface area contributed by atoms with Gasteiger partial charge in [-0.05, 0) is 35.9 Å². The van der Waals surface area contributed by atoms with E-state index in [-0.39, 0.29) is 11.6 Å². The normalized spacial score (nSPS) is 13.3. The topological polar surface area (TPSA) is 108 Å². The highest BCUT2D eigenvalue weighted by Crippen LogP contribution is 2.28. The van der Waals surface area contributed by atoms with Crippen LogP contribution < -0.4 is 5.56 Å². The number of aromatic amines is 1. The molecule has 0 bridgehead atoms. The number of hydrogen-bond acceptors (Lipinski definition) is 4. The van der Waals surface area contributed by atoms with Crippen LogP contribution in [0.5, 0.6) is 0 Å². The van der Waals surface area contributed by atoms with Gasteiger partial charge in [-0.15, -0.1) is 0 Å². The number of amides is 2. The van der Waals surface area contributed by atoms with E-state index in [0.29, 0.717) is 27.6 Å². The molecule has 1 aliphatic rings. The number of fused-ring (bicyclic) bond motifs is 2. The van der Waals surface area contributed by atoms with Gasteiger partial charge in [-0.3, -0.25) is 19.3 Å². The van der Waals surface area contributed by atoms with Gasteiger partial charge < -0.3 is 10.1 Å². The van der Waals surface area contributed by atoms with Crippen molar-refractivity contribution in [2.75, 3.05) is 0 Å². The molecule has 2 aromatic carbocycles. The number of hydrogen-bond donors (Lipinski definition) is 2. The summed E-state index contributed by atoms with van der Waals surface area (Å²) < 4.78 is 0. The number of carbonyl (C=O) groups excluding carboxylic acids is 2. The number of aromatic nitrogens is 1. The summed E-state index contributed by atoms with van der Waals surface area (Å²) >= 11 is 6.12. The number of nitrogens with zero attached hydrogens (tertiary/aromatic N) is 1. The fraction of sp³-hybridized carbons (Fsp3) is 0.0526. The molecule has 2 amide bonds. The second-order valence-electron chi connectivity index (χ2n) is 6.09. The summed E-state index contributed by atoms with van der Waals surface area (Å²) in [6, 6.07) is 10.8. The van der Waals surface area contributed by atoms with Crippen molar-refractivity contribution in [3.8, 4) is 0 Å². The summed E-state index contributed by atoms with van der Waals surface area (Å²) in [7, 11) is 0. The second kappa shape index (κ2) is 6.07. The summed E-state index contributed by atoms with van der Waals surface area (Å²) in [6.07, 6.45) is 0. The van der Waals surface area contributed by atoms with Crippen molar-refractivity contribution in [1.29, 1.82) is 0 Å². The van der Waals surface area contributed by atoms with Gasteiger partial charge in [-0.1, -0.05) is 23.7 Å². The molecule has 7 nitrogen and oxygen atoms in total. The number of carbonyl (C=O) groups is 3. The number of rotatable bonds is 3. The van der Waals surface area contributed by atoms with Gasteiger partial charge in [0.05, 0.1) is 23.2 Å². The first kappa shape index (κ1) is 17.0. The zero-order valence-corrected chi connectivity index (χ0v) is 14.4. The molecule has 2 N–H and O–H groups in total. The Bertz CT molecular complexity index is 1180. The van der Waals surface area contributed by atoms with Gasteiger partial charge in [0.2, 0.25) is 0 Å². The van der Waals surface area contributed by atoms with Crippen molar-refractivity contribution in [3.63, 3.8) is 0 Å². The van der Waals surface area contributed by atoms with Crippen molar-refractivity contribution in [1.82, 2.24) is 9.88 Å². The summed E-state index contributed by atoms with van der Waals surface area (Å²) in [5.41, 5.74) is 0.190. The Labute approximate surface area is 156 Å². The fourth-order valence-corrected chi connectivity index (χ4v) is 3.44. The minimum absolute atomic E-state index is 0.105. The fourth-order valence-electron chi connectivity index (χ4n) is 3.19. The predicted molar refractivity (Wildman–Crippen MR) is 97.2 cm³/mol. The second-order valence-corrected chi connectivity index (χ2v) is 6.52. The van der Waals surface area contributed by atoms with Gasteiger partial charge in [-0.2, -0.15) is 0 Å². The molecular formula is C19H11ClN2O5. The van der Waals surface area contributed by atoms with Gasteiger partial charge in [0.1, 0.15) is 5.56 Å². The molecule has 2 heterocycles. The number of pyridine rings is 1. The van der Waals surface area contributed by atoms with Crippen molar-refractivity contribution < 1.29 is 19.5 Å². The molecule has 0 spiro atoms. The van der Waals surface area contributed by atoms with Crippen LogP contribution >= 0.6 is 11.6 Å². The lowest BCUT2D eigenvalue weighted by Crippen LogP contribution is -2.29. The molecule has 4 rings (SSSR count). The van der Waals surface area contributed by atoms with E-state index in [2.05, 4.69) is 4.98 Å². The minimum atomic E-state index is -1.36.